The predicted octanol–water partition coefficient (Wildman–Crippen LogP) is 2.11. The Balaban J connectivity index is 2.13. The summed E-state index contributed by atoms with van der Waals surface area (Å²) in [5.74, 6) is 0. The van der Waals surface area contributed by atoms with Crippen molar-refractivity contribution in [2.75, 3.05) is 13.7 Å². The van der Waals surface area contributed by atoms with Crippen molar-refractivity contribution >= 4 is 0 Å². The molecule has 2 nitrogen and oxygen atoms in total. The highest BCUT2D eigenvalue weighted by Gasteiger charge is 2.23. The van der Waals surface area contributed by atoms with E-state index in [-0.39, 0.29) is 0 Å². The molecule has 2 heteroatoms. The first-order valence-corrected chi connectivity index (χ1v) is 5.19. The van der Waals surface area contributed by atoms with Crippen molar-refractivity contribution in [1.29, 1.82) is 0 Å². The van der Waals surface area contributed by atoms with Crippen LogP contribution in [0.1, 0.15) is 32.6 Å². The number of hydrogen-bond donors (Lipinski definition) is 1. The lowest BCUT2D eigenvalue weighted by Gasteiger charge is -2.13. The zero-order valence-corrected chi connectivity index (χ0v) is 8.81. The second kappa shape index (κ2) is 5.40. The van der Waals surface area contributed by atoms with Gasteiger partial charge in [0, 0.05) is 19.7 Å². The number of methoxy groups -OCH3 is 1. The molecule has 2 unspecified atom stereocenters. The largest absolute Gasteiger partial charge is 0.381 e. The Labute approximate surface area is 81.4 Å². The number of ether oxygens (including phenoxy) is 1. The van der Waals surface area contributed by atoms with Crippen LogP contribution in [0.15, 0.2) is 12.2 Å². The second-order valence-electron chi connectivity index (χ2n) is 3.85. The monoisotopic (exact) mass is 183 g/mol. The van der Waals surface area contributed by atoms with Crippen LogP contribution < -0.4 is 5.32 Å². The lowest BCUT2D eigenvalue weighted by Crippen LogP contribution is -2.28. The van der Waals surface area contributed by atoms with Crippen molar-refractivity contribution in [1.82, 2.24) is 5.32 Å². The summed E-state index contributed by atoms with van der Waals surface area (Å²) < 4.78 is 5.31. The summed E-state index contributed by atoms with van der Waals surface area (Å²) in [6.45, 7) is 7.10. The maximum atomic E-state index is 5.31. The maximum absolute atomic E-state index is 5.31. The molecular formula is C11H21NO. The Kier molecular flexibility index (Phi) is 4.46. The number of rotatable bonds is 5. The van der Waals surface area contributed by atoms with E-state index in [0.29, 0.717) is 12.1 Å². The van der Waals surface area contributed by atoms with E-state index in [9.17, 15) is 0 Å². The lowest BCUT2D eigenvalue weighted by atomic mass is 10.2. The molecule has 1 N–H and O–H groups in total. The van der Waals surface area contributed by atoms with Crippen LogP contribution in [0.25, 0.3) is 0 Å². The highest BCUT2D eigenvalue weighted by atomic mass is 16.5. The molecule has 1 aliphatic rings. The number of nitrogens with one attached hydrogen (secondary N) is 1. The van der Waals surface area contributed by atoms with Crippen molar-refractivity contribution in [3.05, 3.63) is 12.2 Å². The van der Waals surface area contributed by atoms with Gasteiger partial charge in [0.05, 0.1) is 6.10 Å². The zero-order chi connectivity index (χ0) is 9.68. The van der Waals surface area contributed by atoms with Crippen LogP contribution in [0.4, 0.5) is 0 Å². The van der Waals surface area contributed by atoms with Gasteiger partial charge in [0.25, 0.3) is 0 Å². The Morgan fingerprint density at radius 3 is 2.85 bits per heavy atom. The Bertz CT molecular complexity index is 167. The van der Waals surface area contributed by atoms with Gasteiger partial charge in [-0.3, -0.25) is 0 Å². The molecule has 0 heterocycles. The molecule has 76 valence electrons. The van der Waals surface area contributed by atoms with E-state index in [1.165, 1.54) is 18.4 Å². The van der Waals surface area contributed by atoms with E-state index in [2.05, 4.69) is 18.8 Å². The minimum Gasteiger partial charge on any atom is -0.381 e. The molecule has 0 bridgehead atoms. The van der Waals surface area contributed by atoms with Crippen molar-refractivity contribution in [2.45, 2.75) is 44.8 Å². The molecular weight excluding hydrogens is 162 g/mol. The van der Waals surface area contributed by atoms with Crippen LogP contribution in [0, 0.1) is 0 Å². The molecule has 1 rings (SSSR count). The van der Waals surface area contributed by atoms with Crippen LogP contribution >= 0.6 is 0 Å². The molecule has 0 saturated heterocycles. The molecule has 0 radical (unpaired) electrons. The van der Waals surface area contributed by atoms with Gasteiger partial charge in [0.2, 0.25) is 0 Å². The van der Waals surface area contributed by atoms with Crippen LogP contribution in [0.3, 0.4) is 0 Å². The fourth-order valence-electron chi connectivity index (χ4n) is 1.75. The Hall–Kier alpha value is -0.340. The lowest BCUT2D eigenvalue weighted by molar-refractivity contribution is 0.107. The highest BCUT2D eigenvalue weighted by molar-refractivity contribution is 4.96. The van der Waals surface area contributed by atoms with Crippen LogP contribution in [-0.4, -0.2) is 25.8 Å². The first kappa shape index (κ1) is 10.7. The fraction of sp³-hybridized carbons (Fsp3) is 0.818. The Morgan fingerprint density at radius 1 is 1.54 bits per heavy atom. The highest BCUT2D eigenvalue weighted by Crippen LogP contribution is 2.21. The van der Waals surface area contributed by atoms with Gasteiger partial charge in [-0.1, -0.05) is 19.1 Å². The van der Waals surface area contributed by atoms with E-state index in [1.807, 2.05) is 0 Å². The molecule has 0 aromatic rings. The van der Waals surface area contributed by atoms with Crippen LogP contribution in [-0.2, 0) is 4.74 Å². The van der Waals surface area contributed by atoms with Gasteiger partial charge in [-0.15, -0.1) is 0 Å². The van der Waals surface area contributed by atoms with Crippen LogP contribution in [0.2, 0.25) is 0 Å². The quantitative estimate of drug-likeness (QED) is 0.659. The van der Waals surface area contributed by atoms with Gasteiger partial charge in [-0.25, -0.2) is 0 Å². The van der Waals surface area contributed by atoms with Crippen LogP contribution in [0.5, 0.6) is 0 Å². The third-order valence-electron chi connectivity index (χ3n) is 2.86. The third kappa shape index (κ3) is 3.49. The van der Waals surface area contributed by atoms with Gasteiger partial charge in [0.1, 0.15) is 0 Å². The molecule has 0 spiro atoms. The third-order valence-corrected chi connectivity index (χ3v) is 2.86. The average molecular weight is 183 g/mol. The summed E-state index contributed by atoms with van der Waals surface area (Å²) in [4.78, 5) is 0. The first-order chi connectivity index (χ1) is 6.26. The van der Waals surface area contributed by atoms with Gasteiger partial charge in [-0.05, 0) is 25.7 Å². The molecule has 0 amide bonds. The molecule has 2 atom stereocenters. The topological polar surface area (TPSA) is 21.3 Å². The second-order valence-corrected chi connectivity index (χ2v) is 3.85. The predicted molar refractivity (Wildman–Crippen MR) is 55.9 cm³/mol. The van der Waals surface area contributed by atoms with E-state index in [4.69, 9.17) is 4.74 Å². The molecule has 1 aliphatic carbocycles. The molecule has 1 saturated carbocycles. The SMILES string of the molecule is C=C(CC)CNC1CCC(OC)C1. The summed E-state index contributed by atoms with van der Waals surface area (Å²) >= 11 is 0. The molecule has 0 aliphatic heterocycles. The standard InChI is InChI=1S/C11H21NO/c1-4-9(2)8-12-10-5-6-11(7-10)13-3/h10-12H,2,4-8H2,1,3H3. The normalized spacial score (nSPS) is 27.8. The van der Waals surface area contributed by atoms with E-state index in [1.54, 1.807) is 7.11 Å². The van der Waals surface area contributed by atoms with E-state index >= 15 is 0 Å². The van der Waals surface area contributed by atoms with Gasteiger partial charge < -0.3 is 10.1 Å². The first-order valence-electron chi connectivity index (χ1n) is 5.19. The minimum atomic E-state index is 0.479. The van der Waals surface area contributed by atoms with Gasteiger partial charge in [-0.2, -0.15) is 0 Å². The van der Waals surface area contributed by atoms with Gasteiger partial charge in [0.15, 0.2) is 0 Å². The summed E-state index contributed by atoms with van der Waals surface area (Å²) in [6, 6.07) is 0.647. The summed E-state index contributed by atoms with van der Waals surface area (Å²) in [5.41, 5.74) is 1.29. The zero-order valence-electron chi connectivity index (χ0n) is 8.81. The molecule has 13 heavy (non-hydrogen) atoms. The number of hydrogen-bond acceptors (Lipinski definition) is 2. The molecule has 0 aromatic carbocycles. The minimum absolute atomic E-state index is 0.479. The van der Waals surface area contributed by atoms with Gasteiger partial charge >= 0.3 is 0 Å². The average Bonchev–Trinajstić information content (AvgIpc) is 2.61. The summed E-state index contributed by atoms with van der Waals surface area (Å²) in [6.07, 6.45) is 5.16. The van der Waals surface area contributed by atoms with Crippen molar-refractivity contribution < 1.29 is 4.74 Å². The summed E-state index contributed by atoms with van der Waals surface area (Å²) in [7, 11) is 1.80. The molecule has 0 aromatic heterocycles. The van der Waals surface area contributed by atoms with E-state index in [0.717, 1.165) is 19.4 Å². The van der Waals surface area contributed by atoms with Crippen molar-refractivity contribution in [3.63, 3.8) is 0 Å². The van der Waals surface area contributed by atoms with E-state index < -0.39 is 0 Å². The fourth-order valence-corrected chi connectivity index (χ4v) is 1.75. The van der Waals surface area contributed by atoms with Crippen molar-refractivity contribution in [2.24, 2.45) is 0 Å². The smallest absolute Gasteiger partial charge is 0.0586 e. The summed E-state index contributed by atoms with van der Waals surface area (Å²) in [5, 5.41) is 3.52. The molecule has 1 fully saturated rings. The van der Waals surface area contributed by atoms with Crippen molar-refractivity contribution in [3.8, 4) is 0 Å². The maximum Gasteiger partial charge on any atom is 0.0586 e. The Morgan fingerprint density at radius 2 is 2.31 bits per heavy atom.